The lowest BCUT2D eigenvalue weighted by Gasteiger charge is -2.35. The van der Waals surface area contributed by atoms with Crippen molar-refractivity contribution in [2.24, 2.45) is 5.92 Å². The van der Waals surface area contributed by atoms with Crippen LogP contribution in [0.2, 0.25) is 0 Å². The second kappa shape index (κ2) is 5.62. The van der Waals surface area contributed by atoms with E-state index in [0.29, 0.717) is 29.3 Å². The largest absolute Gasteiger partial charge is 0.453 e. The predicted molar refractivity (Wildman–Crippen MR) is 94.5 cm³/mol. The summed E-state index contributed by atoms with van der Waals surface area (Å²) in [5.74, 6) is 0.368. The van der Waals surface area contributed by atoms with Gasteiger partial charge in [-0.25, -0.2) is 0 Å². The molecule has 2 aliphatic rings. The normalized spacial score (nSPS) is 21.2. The molecule has 5 heteroatoms. The van der Waals surface area contributed by atoms with E-state index in [9.17, 15) is 9.59 Å². The zero-order valence-electron chi connectivity index (χ0n) is 14.3. The first-order valence-electron chi connectivity index (χ1n) is 8.55. The predicted octanol–water partition coefficient (Wildman–Crippen LogP) is 3.05. The molecule has 2 amide bonds. The number of hydrogen-bond acceptors (Lipinski definition) is 3. The van der Waals surface area contributed by atoms with Crippen LogP contribution in [0.1, 0.15) is 36.2 Å². The van der Waals surface area contributed by atoms with Gasteiger partial charge in [-0.15, -0.1) is 0 Å². The molecule has 0 aromatic heterocycles. The summed E-state index contributed by atoms with van der Waals surface area (Å²) in [7, 11) is 0. The van der Waals surface area contributed by atoms with Gasteiger partial charge in [-0.3, -0.25) is 9.59 Å². The summed E-state index contributed by atoms with van der Waals surface area (Å²) in [4.78, 5) is 27.6. The summed E-state index contributed by atoms with van der Waals surface area (Å²) in [6.07, 6.45) is 0.876. The highest BCUT2D eigenvalue weighted by molar-refractivity contribution is 6.11. The third-order valence-electron chi connectivity index (χ3n) is 4.73. The summed E-state index contributed by atoms with van der Waals surface area (Å²) < 4.78 is 6.10. The molecule has 0 fully saturated rings. The molecule has 2 aromatic rings. The molecule has 1 N–H and O–H groups in total. The van der Waals surface area contributed by atoms with E-state index in [1.54, 1.807) is 29.2 Å². The number of benzene rings is 2. The van der Waals surface area contributed by atoms with E-state index >= 15 is 0 Å². The van der Waals surface area contributed by atoms with Crippen LogP contribution < -0.4 is 15.0 Å². The molecule has 0 bridgehead atoms. The van der Waals surface area contributed by atoms with Crippen molar-refractivity contribution in [3.8, 4) is 5.75 Å². The fourth-order valence-corrected chi connectivity index (χ4v) is 3.41. The van der Waals surface area contributed by atoms with Crippen LogP contribution in [-0.2, 0) is 10.5 Å². The van der Waals surface area contributed by atoms with Gasteiger partial charge in [0.15, 0.2) is 0 Å². The van der Waals surface area contributed by atoms with Gasteiger partial charge in [-0.05, 0) is 30.5 Å². The molecule has 0 aliphatic carbocycles. The SMILES string of the molecule is CC(C)CCN1C(=O)[C@@]2(NC(=O)c3ccccc3O2)c2ccccc21. The van der Waals surface area contributed by atoms with Gasteiger partial charge in [-0.2, -0.15) is 0 Å². The van der Waals surface area contributed by atoms with E-state index in [0.717, 1.165) is 12.1 Å². The van der Waals surface area contributed by atoms with Gasteiger partial charge in [-0.1, -0.05) is 44.2 Å². The number of fused-ring (bicyclic) bond motifs is 3. The van der Waals surface area contributed by atoms with Crippen LogP contribution in [-0.4, -0.2) is 18.4 Å². The fraction of sp³-hybridized carbons (Fsp3) is 0.300. The Morgan fingerprint density at radius 3 is 2.60 bits per heavy atom. The average molecular weight is 336 g/mol. The number of anilines is 1. The van der Waals surface area contributed by atoms with Gasteiger partial charge in [0.2, 0.25) is 0 Å². The monoisotopic (exact) mass is 336 g/mol. The van der Waals surface area contributed by atoms with Crippen molar-refractivity contribution in [3.63, 3.8) is 0 Å². The molecule has 2 aromatic carbocycles. The summed E-state index contributed by atoms with van der Waals surface area (Å²) >= 11 is 0. The van der Waals surface area contributed by atoms with Gasteiger partial charge >= 0.3 is 0 Å². The molecule has 1 spiro atoms. The second-order valence-electron chi connectivity index (χ2n) is 6.89. The molecule has 0 saturated carbocycles. The first-order valence-corrected chi connectivity index (χ1v) is 8.55. The first-order chi connectivity index (χ1) is 12.0. The smallest absolute Gasteiger partial charge is 0.298 e. The van der Waals surface area contributed by atoms with Gasteiger partial charge in [0.1, 0.15) is 5.75 Å². The molecule has 0 radical (unpaired) electrons. The van der Waals surface area contributed by atoms with Crippen LogP contribution in [0.5, 0.6) is 5.75 Å². The van der Waals surface area contributed by atoms with Crippen LogP contribution in [0, 0.1) is 5.92 Å². The third-order valence-corrected chi connectivity index (χ3v) is 4.73. The Kier molecular flexibility index (Phi) is 3.53. The number of nitrogens with zero attached hydrogens (tertiary/aromatic N) is 1. The van der Waals surface area contributed by atoms with Crippen molar-refractivity contribution in [1.29, 1.82) is 0 Å². The number of rotatable bonds is 3. The molecule has 2 aliphatic heterocycles. The molecule has 0 saturated heterocycles. The number of carbonyl (C=O) groups is 2. The van der Waals surface area contributed by atoms with Gasteiger partial charge in [0.25, 0.3) is 17.5 Å². The van der Waals surface area contributed by atoms with Gasteiger partial charge in [0, 0.05) is 6.54 Å². The van der Waals surface area contributed by atoms with Crippen LogP contribution in [0.25, 0.3) is 0 Å². The van der Waals surface area contributed by atoms with Crippen molar-refractivity contribution in [2.75, 3.05) is 11.4 Å². The Morgan fingerprint density at radius 2 is 1.80 bits per heavy atom. The summed E-state index contributed by atoms with van der Waals surface area (Å²) in [5.41, 5.74) is 0.456. The molecule has 2 heterocycles. The van der Waals surface area contributed by atoms with E-state index < -0.39 is 5.72 Å². The zero-order chi connectivity index (χ0) is 17.6. The number of carbonyl (C=O) groups excluding carboxylic acids is 2. The van der Waals surface area contributed by atoms with E-state index in [1.807, 2.05) is 24.3 Å². The average Bonchev–Trinajstić information content (AvgIpc) is 2.82. The van der Waals surface area contributed by atoms with Crippen molar-refractivity contribution in [2.45, 2.75) is 26.0 Å². The lowest BCUT2D eigenvalue weighted by atomic mass is 10.0. The minimum atomic E-state index is -1.47. The molecule has 4 rings (SSSR count). The Balaban J connectivity index is 1.80. The minimum Gasteiger partial charge on any atom is -0.453 e. The number of nitrogens with one attached hydrogen (secondary N) is 1. The standard InChI is InChI=1S/C20H20N2O3/c1-13(2)11-12-22-16-9-5-4-8-15(16)20(19(22)24)21-18(23)14-7-3-6-10-17(14)25-20/h3-10,13H,11-12H2,1-2H3,(H,21,23)/t20-/m1/s1. The maximum absolute atomic E-state index is 13.3. The lowest BCUT2D eigenvalue weighted by Crippen LogP contribution is -2.59. The molecular formula is C20H20N2O3. The number of ether oxygens (including phenoxy) is 1. The Bertz CT molecular complexity index is 862. The van der Waals surface area contributed by atoms with E-state index in [1.165, 1.54) is 0 Å². The van der Waals surface area contributed by atoms with Crippen LogP contribution in [0.15, 0.2) is 48.5 Å². The number of hydrogen-bond donors (Lipinski definition) is 1. The van der Waals surface area contributed by atoms with Crippen LogP contribution in [0.4, 0.5) is 5.69 Å². The van der Waals surface area contributed by atoms with E-state index in [2.05, 4.69) is 19.2 Å². The molecule has 5 nitrogen and oxygen atoms in total. The van der Waals surface area contributed by atoms with Crippen molar-refractivity contribution >= 4 is 17.5 Å². The van der Waals surface area contributed by atoms with Crippen LogP contribution >= 0.6 is 0 Å². The number of amides is 2. The first kappa shape index (κ1) is 15.7. The Morgan fingerprint density at radius 1 is 1.08 bits per heavy atom. The minimum absolute atomic E-state index is 0.239. The number of para-hydroxylation sites is 2. The summed E-state index contributed by atoms with van der Waals surface area (Å²) in [6.45, 7) is 4.84. The topological polar surface area (TPSA) is 58.6 Å². The highest BCUT2D eigenvalue weighted by atomic mass is 16.5. The van der Waals surface area contributed by atoms with Gasteiger partial charge in [0.05, 0.1) is 16.8 Å². The maximum atomic E-state index is 13.3. The maximum Gasteiger partial charge on any atom is 0.298 e. The fourth-order valence-electron chi connectivity index (χ4n) is 3.41. The van der Waals surface area contributed by atoms with Crippen LogP contribution in [0.3, 0.4) is 0 Å². The molecule has 128 valence electrons. The zero-order valence-corrected chi connectivity index (χ0v) is 14.3. The second-order valence-corrected chi connectivity index (χ2v) is 6.89. The summed E-state index contributed by atoms with van der Waals surface area (Å²) in [6, 6.07) is 14.5. The highest BCUT2D eigenvalue weighted by Gasteiger charge is 2.56. The quantitative estimate of drug-likeness (QED) is 0.937. The third kappa shape index (κ3) is 2.30. The van der Waals surface area contributed by atoms with E-state index in [-0.39, 0.29) is 11.8 Å². The summed E-state index contributed by atoms with van der Waals surface area (Å²) in [5, 5.41) is 2.82. The Hall–Kier alpha value is -2.82. The lowest BCUT2D eigenvalue weighted by molar-refractivity contribution is -0.136. The highest BCUT2D eigenvalue weighted by Crippen LogP contribution is 2.44. The van der Waals surface area contributed by atoms with Crippen molar-refractivity contribution in [3.05, 3.63) is 59.7 Å². The molecule has 25 heavy (non-hydrogen) atoms. The molecule has 1 atom stereocenters. The van der Waals surface area contributed by atoms with E-state index in [4.69, 9.17) is 4.74 Å². The van der Waals surface area contributed by atoms with Gasteiger partial charge < -0.3 is 15.0 Å². The molecular weight excluding hydrogens is 316 g/mol. The Labute approximate surface area is 146 Å². The van der Waals surface area contributed by atoms with Crippen molar-refractivity contribution < 1.29 is 14.3 Å². The van der Waals surface area contributed by atoms with Crippen molar-refractivity contribution in [1.82, 2.24) is 5.32 Å². The molecule has 0 unspecified atom stereocenters.